The SMILES string of the molecule is COC(=O)C1(Nc2nc3ccccc3n([C@@H]3C[C@@H]4CCC3N4C3CCCCCCC3)c2=O)CCCCC1. The molecule has 2 saturated heterocycles. The summed E-state index contributed by atoms with van der Waals surface area (Å²) in [6, 6.07) is 9.76. The molecule has 7 nitrogen and oxygen atoms in total. The highest BCUT2D eigenvalue weighted by Crippen LogP contribution is 2.47. The topological polar surface area (TPSA) is 76.5 Å². The number of benzene rings is 1. The van der Waals surface area contributed by atoms with Crippen molar-refractivity contribution in [2.45, 2.75) is 126 Å². The summed E-state index contributed by atoms with van der Waals surface area (Å²) in [6.07, 6.45) is 17.0. The molecule has 3 atom stereocenters. The van der Waals surface area contributed by atoms with Crippen molar-refractivity contribution >= 4 is 22.8 Å². The summed E-state index contributed by atoms with van der Waals surface area (Å²) in [5.41, 5.74) is 0.742. The van der Waals surface area contributed by atoms with Gasteiger partial charge in [-0.25, -0.2) is 9.78 Å². The Morgan fingerprint density at radius 2 is 1.62 bits per heavy atom. The average Bonchev–Trinajstić information content (AvgIpc) is 3.47. The van der Waals surface area contributed by atoms with Crippen molar-refractivity contribution in [3.63, 3.8) is 0 Å². The molecule has 7 heteroatoms. The molecule has 4 aliphatic rings. The van der Waals surface area contributed by atoms with Crippen molar-refractivity contribution in [1.29, 1.82) is 0 Å². The first-order valence-corrected chi connectivity index (χ1v) is 14.8. The zero-order chi connectivity index (χ0) is 25.4. The van der Waals surface area contributed by atoms with Crippen molar-refractivity contribution in [2.75, 3.05) is 12.4 Å². The van der Waals surface area contributed by atoms with Gasteiger partial charge in [-0.3, -0.25) is 14.3 Å². The minimum Gasteiger partial charge on any atom is -0.467 e. The molecule has 2 bridgehead atoms. The lowest BCUT2D eigenvalue weighted by molar-refractivity contribution is -0.147. The number of rotatable bonds is 5. The Kier molecular flexibility index (Phi) is 6.99. The number of carbonyl (C=O) groups is 1. The first-order chi connectivity index (χ1) is 18.1. The van der Waals surface area contributed by atoms with Gasteiger partial charge in [-0.1, -0.05) is 63.5 Å². The molecule has 1 aromatic carbocycles. The molecule has 200 valence electrons. The van der Waals surface area contributed by atoms with E-state index in [1.54, 1.807) is 0 Å². The molecule has 0 amide bonds. The Bertz CT molecular complexity index is 1180. The van der Waals surface area contributed by atoms with Crippen LogP contribution in [-0.2, 0) is 9.53 Å². The molecule has 1 N–H and O–H groups in total. The first-order valence-electron chi connectivity index (χ1n) is 14.8. The van der Waals surface area contributed by atoms with Crippen LogP contribution < -0.4 is 10.9 Å². The molecule has 2 saturated carbocycles. The average molecular weight is 507 g/mol. The Balaban J connectivity index is 1.38. The highest BCUT2D eigenvalue weighted by molar-refractivity contribution is 5.85. The van der Waals surface area contributed by atoms with E-state index in [2.05, 4.69) is 10.2 Å². The van der Waals surface area contributed by atoms with Crippen LogP contribution in [-0.4, -0.2) is 51.2 Å². The summed E-state index contributed by atoms with van der Waals surface area (Å²) < 4.78 is 7.26. The Morgan fingerprint density at radius 1 is 0.919 bits per heavy atom. The van der Waals surface area contributed by atoms with Gasteiger partial charge in [0.1, 0.15) is 5.54 Å². The summed E-state index contributed by atoms with van der Waals surface area (Å²) >= 11 is 0. The number of nitrogens with zero attached hydrogens (tertiary/aromatic N) is 3. The fourth-order valence-corrected chi connectivity index (χ4v) is 8.10. The quantitative estimate of drug-likeness (QED) is 0.534. The molecule has 2 aromatic rings. The fourth-order valence-electron chi connectivity index (χ4n) is 8.10. The number of anilines is 1. The zero-order valence-corrected chi connectivity index (χ0v) is 22.3. The maximum Gasteiger partial charge on any atom is 0.331 e. The molecule has 6 rings (SSSR count). The summed E-state index contributed by atoms with van der Waals surface area (Å²) in [4.78, 5) is 34.8. The van der Waals surface area contributed by atoms with E-state index in [0.717, 1.165) is 43.1 Å². The Labute approximate surface area is 220 Å². The van der Waals surface area contributed by atoms with Crippen LogP contribution in [0.2, 0.25) is 0 Å². The third-order valence-electron chi connectivity index (χ3n) is 9.82. The van der Waals surface area contributed by atoms with E-state index in [0.29, 0.717) is 36.8 Å². The predicted molar refractivity (Wildman–Crippen MR) is 146 cm³/mol. The lowest BCUT2D eigenvalue weighted by Crippen LogP contribution is -2.50. The minimum absolute atomic E-state index is 0.0947. The molecule has 3 heterocycles. The lowest BCUT2D eigenvalue weighted by atomic mass is 9.81. The zero-order valence-electron chi connectivity index (χ0n) is 22.3. The second-order valence-corrected chi connectivity index (χ2v) is 11.9. The second kappa shape index (κ2) is 10.4. The van der Waals surface area contributed by atoms with E-state index in [1.165, 1.54) is 58.5 Å². The van der Waals surface area contributed by atoms with Gasteiger partial charge in [0.25, 0.3) is 5.56 Å². The monoisotopic (exact) mass is 506 g/mol. The molecule has 4 fully saturated rings. The normalized spacial score (nSPS) is 28.6. The molecule has 37 heavy (non-hydrogen) atoms. The van der Waals surface area contributed by atoms with E-state index in [1.807, 2.05) is 28.8 Å². The molecule has 2 aliphatic carbocycles. The number of aromatic nitrogens is 2. The first kappa shape index (κ1) is 24.9. The van der Waals surface area contributed by atoms with Crippen LogP contribution in [0, 0.1) is 0 Å². The van der Waals surface area contributed by atoms with E-state index < -0.39 is 5.54 Å². The molecule has 0 radical (unpaired) electrons. The van der Waals surface area contributed by atoms with Crippen molar-refractivity contribution in [1.82, 2.24) is 14.5 Å². The number of nitrogens with one attached hydrogen (secondary N) is 1. The van der Waals surface area contributed by atoms with Crippen LogP contribution in [0.1, 0.15) is 102 Å². The third-order valence-corrected chi connectivity index (χ3v) is 9.82. The molecule has 2 aliphatic heterocycles. The van der Waals surface area contributed by atoms with Crippen LogP contribution in [0.4, 0.5) is 5.82 Å². The van der Waals surface area contributed by atoms with Gasteiger partial charge in [-0.15, -0.1) is 0 Å². The Morgan fingerprint density at radius 3 is 2.38 bits per heavy atom. The smallest absolute Gasteiger partial charge is 0.331 e. The van der Waals surface area contributed by atoms with Crippen LogP contribution in [0.3, 0.4) is 0 Å². The van der Waals surface area contributed by atoms with Crippen LogP contribution in [0.15, 0.2) is 29.1 Å². The van der Waals surface area contributed by atoms with Gasteiger partial charge in [-0.2, -0.15) is 0 Å². The minimum atomic E-state index is -0.876. The maximum atomic E-state index is 14.2. The van der Waals surface area contributed by atoms with Gasteiger partial charge in [-0.05, 0) is 57.1 Å². The van der Waals surface area contributed by atoms with Crippen LogP contribution >= 0.6 is 0 Å². The van der Waals surface area contributed by atoms with Crippen molar-refractivity contribution < 1.29 is 9.53 Å². The molecular formula is C30H42N4O3. The standard InChI is InChI=1S/C30H42N4O3/c1-37-29(36)30(18-10-5-11-19-30)32-27-28(35)34(24-15-9-8-14-23(24)31-27)26-20-22-16-17-25(26)33(22)21-12-6-3-2-4-7-13-21/h8-9,14-15,21-22,25-26H,2-7,10-13,16-20H2,1H3,(H,31,32)/t22-,25?,26+/m0/s1. The van der Waals surface area contributed by atoms with Crippen molar-refractivity contribution in [3.05, 3.63) is 34.6 Å². The van der Waals surface area contributed by atoms with Crippen LogP contribution in [0.25, 0.3) is 11.0 Å². The molecular weight excluding hydrogens is 464 g/mol. The number of ether oxygens (including phenoxy) is 1. The van der Waals surface area contributed by atoms with Crippen molar-refractivity contribution in [2.24, 2.45) is 0 Å². The number of fused-ring (bicyclic) bond motifs is 3. The summed E-state index contributed by atoms with van der Waals surface area (Å²) in [5.74, 6) is 0.00904. The second-order valence-electron chi connectivity index (χ2n) is 11.9. The number of esters is 1. The van der Waals surface area contributed by atoms with Gasteiger partial charge in [0.2, 0.25) is 0 Å². The molecule has 0 spiro atoms. The van der Waals surface area contributed by atoms with E-state index in [4.69, 9.17) is 9.72 Å². The van der Waals surface area contributed by atoms with E-state index in [-0.39, 0.29) is 17.6 Å². The van der Waals surface area contributed by atoms with Crippen molar-refractivity contribution in [3.8, 4) is 0 Å². The maximum absolute atomic E-state index is 14.2. The third kappa shape index (κ3) is 4.47. The largest absolute Gasteiger partial charge is 0.467 e. The van der Waals surface area contributed by atoms with Gasteiger partial charge < -0.3 is 10.1 Å². The summed E-state index contributed by atoms with van der Waals surface area (Å²) in [6.45, 7) is 0. The number of para-hydroxylation sites is 2. The number of hydrogen-bond donors (Lipinski definition) is 1. The van der Waals surface area contributed by atoms with E-state index in [9.17, 15) is 9.59 Å². The highest BCUT2D eigenvalue weighted by Gasteiger charge is 2.50. The lowest BCUT2D eigenvalue weighted by Gasteiger charge is -2.36. The van der Waals surface area contributed by atoms with E-state index >= 15 is 0 Å². The highest BCUT2D eigenvalue weighted by atomic mass is 16.5. The van der Waals surface area contributed by atoms with Gasteiger partial charge >= 0.3 is 5.97 Å². The van der Waals surface area contributed by atoms with Gasteiger partial charge in [0, 0.05) is 18.1 Å². The van der Waals surface area contributed by atoms with Gasteiger partial charge in [0.05, 0.1) is 24.2 Å². The molecule has 1 aromatic heterocycles. The van der Waals surface area contributed by atoms with Gasteiger partial charge in [0.15, 0.2) is 5.82 Å². The number of methoxy groups -OCH3 is 1. The molecule has 1 unspecified atom stereocenters. The number of hydrogen-bond acceptors (Lipinski definition) is 6. The summed E-state index contributed by atoms with van der Waals surface area (Å²) in [5, 5.41) is 3.37. The van der Waals surface area contributed by atoms with Crippen LogP contribution in [0.5, 0.6) is 0 Å². The number of carbonyl (C=O) groups excluding carboxylic acids is 1. The summed E-state index contributed by atoms with van der Waals surface area (Å²) in [7, 11) is 1.44. The Hall–Kier alpha value is -2.41. The predicted octanol–water partition coefficient (Wildman–Crippen LogP) is 5.58. The fraction of sp³-hybridized carbons (Fsp3) is 0.700.